The summed E-state index contributed by atoms with van der Waals surface area (Å²) in [4.78, 5) is 52.4. The lowest BCUT2D eigenvalue weighted by molar-refractivity contribution is -0.101. The molecule has 1 aliphatic rings. The van der Waals surface area contributed by atoms with E-state index in [1.807, 2.05) is 0 Å². The quantitative estimate of drug-likeness (QED) is 0.101. The summed E-state index contributed by atoms with van der Waals surface area (Å²) in [5.41, 5.74) is 2.04. The van der Waals surface area contributed by atoms with E-state index in [-0.39, 0.29) is 5.82 Å². The van der Waals surface area contributed by atoms with E-state index in [1.165, 1.54) is 6.07 Å². The van der Waals surface area contributed by atoms with Gasteiger partial charge in [0.2, 0.25) is 0 Å². The Morgan fingerprint density at radius 1 is 1.16 bits per heavy atom. The molecule has 0 aliphatic carbocycles. The average Bonchev–Trinajstić information content (AvgIpc) is 3.02. The number of phosphoric ester groups is 3. The third-order valence-corrected chi connectivity index (χ3v) is 8.07. The topological polar surface area (TPSA) is 320 Å². The van der Waals surface area contributed by atoms with Crippen LogP contribution < -0.4 is 11.4 Å². The number of nitrogen functional groups attached to an aromatic ring is 1. The van der Waals surface area contributed by atoms with Gasteiger partial charge in [0.25, 0.3) is 0 Å². The molecule has 8 atom stereocenters. The highest BCUT2D eigenvalue weighted by molar-refractivity contribution is 7.61. The van der Waals surface area contributed by atoms with Gasteiger partial charge in [-0.05, 0) is 13.0 Å². The fraction of sp³-hybridized carbons (Fsp3) is 0.714. The lowest BCUT2D eigenvalue weighted by atomic mass is 10.0. The Morgan fingerprint density at radius 3 is 2.30 bits per heavy atom. The van der Waals surface area contributed by atoms with Crippen molar-refractivity contribution >= 4 is 29.3 Å². The number of ether oxygens (including phenoxy) is 1. The largest absolute Gasteiger partial charge is 0.481 e. The lowest BCUT2D eigenvalue weighted by Gasteiger charge is -2.32. The maximum Gasteiger partial charge on any atom is 0.481 e. The molecule has 214 valence electrons. The molecular formula is C14H26N3O17P3. The zero-order valence-corrected chi connectivity index (χ0v) is 21.4. The molecule has 2 heterocycles. The summed E-state index contributed by atoms with van der Waals surface area (Å²) in [7, 11) is -16.2. The predicted octanol–water partition coefficient (Wildman–Crippen LogP) is -3.08. The molecule has 0 bridgehead atoms. The zero-order valence-electron chi connectivity index (χ0n) is 18.7. The molecule has 20 nitrogen and oxygen atoms in total. The van der Waals surface area contributed by atoms with Gasteiger partial charge >= 0.3 is 29.2 Å². The van der Waals surface area contributed by atoms with Crippen molar-refractivity contribution in [2.45, 2.75) is 43.2 Å². The highest BCUT2D eigenvalue weighted by Crippen LogP contribution is 2.60. The van der Waals surface area contributed by atoms with Gasteiger partial charge in [-0.15, -0.1) is 0 Å². The van der Waals surface area contributed by atoms with Gasteiger partial charge in [-0.3, -0.25) is 18.1 Å². The fourth-order valence-electron chi connectivity index (χ4n) is 2.87. The highest BCUT2D eigenvalue weighted by Gasteiger charge is 2.46. The molecule has 0 saturated carbocycles. The number of anilines is 1. The second-order valence-electron chi connectivity index (χ2n) is 7.77. The van der Waals surface area contributed by atoms with Crippen molar-refractivity contribution in [3.8, 4) is 0 Å². The molecule has 1 saturated heterocycles. The molecule has 8 unspecified atom stereocenters. The molecule has 23 heteroatoms. The van der Waals surface area contributed by atoms with E-state index in [4.69, 9.17) is 20.3 Å². The monoisotopic (exact) mass is 601 g/mol. The van der Waals surface area contributed by atoms with Gasteiger partial charge in [-0.1, -0.05) is 0 Å². The van der Waals surface area contributed by atoms with Crippen LogP contribution in [0.15, 0.2) is 17.1 Å². The summed E-state index contributed by atoms with van der Waals surface area (Å²) < 4.78 is 58.2. The first-order chi connectivity index (χ1) is 16.8. The normalized spacial score (nSPS) is 28.2. The molecular weight excluding hydrogens is 575 g/mol. The summed E-state index contributed by atoms with van der Waals surface area (Å²) in [6.45, 7) is -2.66. The van der Waals surface area contributed by atoms with Gasteiger partial charge in [0, 0.05) is 6.20 Å². The maximum atomic E-state index is 12.1. The third kappa shape index (κ3) is 8.94. The SMILES string of the molecule is CC(CO)(OP(=O)(O)O)C(O)COP(=O)(O)OP(=O)(O)OCC1OC(n2ccc(N)nc2=O)C(O)C1O. The van der Waals surface area contributed by atoms with E-state index in [0.29, 0.717) is 0 Å². The van der Waals surface area contributed by atoms with Crippen molar-refractivity contribution in [2.75, 3.05) is 25.6 Å². The van der Waals surface area contributed by atoms with Crippen molar-refractivity contribution < 1.29 is 76.3 Å². The van der Waals surface area contributed by atoms with E-state index in [2.05, 4.69) is 22.9 Å². The first kappa shape index (κ1) is 32.1. The van der Waals surface area contributed by atoms with Gasteiger partial charge in [0.15, 0.2) is 6.23 Å². The van der Waals surface area contributed by atoms with Crippen molar-refractivity contribution in [2.24, 2.45) is 0 Å². The van der Waals surface area contributed by atoms with E-state index in [1.54, 1.807) is 0 Å². The zero-order chi connectivity index (χ0) is 28.4. The fourth-order valence-corrected chi connectivity index (χ4v) is 5.68. The molecule has 0 radical (unpaired) electrons. The van der Waals surface area contributed by atoms with Crippen LogP contribution in [0.4, 0.5) is 5.82 Å². The van der Waals surface area contributed by atoms with Crippen LogP contribution in [0.2, 0.25) is 0 Å². The van der Waals surface area contributed by atoms with Crippen LogP contribution >= 0.6 is 23.5 Å². The predicted molar refractivity (Wildman–Crippen MR) is 116 cm³/mol. The number of hydrogen-bond acceptors (Lipinski definition) is 15. The number of phosphoric acid groups is 3. The Labute approximate surface area is 207 Å². The van der Waals surface area contributed by atoms with Crippen molar-refractivity contribution in [3.05, 3.63) is 22.7 Å². The maximum absolute atomic E-state index is 12.1. The second kappa shape index (κ2) is 11.9. The van der Waals surface area contributed by atoms with Gasteiger partial charge < -0.3 is 50.5 Å². The number of aliphatic hydroxyl groups is 4. The first-order valence-corrected chi connectivity index (χ1v) is 14.4. The van der Waals surface area contributed by atoms with Crippen LogP contribution in [0.1, 0.15) is 13.2 Å². The van der Waals surface area contributed by atoms with E-state index >= 15 is 0 Å². The highest BCUT2D eigenvalue weighted by atomic mass is 31.3. The Hall–Kier alpha value is -1.15. The standard InChI is InChI=1S/C14H26N3O17P3/c1-14(6-18,33-35(23,24)25)8(19)5-31-37(28,29)34-36(26,27)30-4-7-10(20)11(21)12(32-7)17-3-2-9(15)16-13(17)22/h2-3,7-8,10-12,18-21H,4-6H2,1H3,(H,26,27)(H,28,29)(H2,15,16,22)(H2,23,24,25). The van der Waals surface area contributed by atoms with Gasteiger partial charge in [0.05, 0.1) is 19.8 Å². The Bertz CT molecular complexity index is 1140. The van der Waals surface area contributed by atoms with E-state index in [0.717, 1.165) is 17.7 Å². The number of aliphatic hydroxyl groups excluding tert-OH is 4. The van der Waals surface area contributed by atoms with Crippen molar-refractivity contribution in [1.82, 2.24) is 9.55 Å². The summed E-state index contributed by atoms with van der Waals surface area (Å²) >= 11 is 0. The van der Waals surface area contributed by atoms with Gasteiger partial charge in [-0.25, -0.2) is 18.5 Å². The summed E-state index contributed by atoms with van der Waals surface area (Å²) in [5.74, 6) is -0.133. The van der Waals surface area contributed by atoms with Crippen LogP contribution in [0.3, 0.4) is 0 Å². The first-order valence-electron chi connectivity index (χ1n) is 9.87. The van der Waals surface area contributed by atoms with Crippen LogP contribution in [0.25, 0.3) is 0 Å². The summed E-state index contributed by atoms with van der Waals surface area (Å²) in [5, 5.41) is 39.4. The lowest BCUT2D eigenvalue weighted by Crippen LogP contribution is -2.47. The minimum atomic E-state index is -5.51. The van der Waals surface area contributed by atoms with Crippen LogP contribution in [0, 0.1) is 0 Å². The summed E-state index contributed by atoms with van der Waals surface area (Å²) in [6, 6.07) is 1.20. The van der Waals surface area contributed by atoms with Crippen LogP contribution in [-0.2, 0) is 36.3 Å². The average molecular weight is 601 g/mol. The minimum absolute atomic E-state index is 0.133. The van der Waals surface area contributed by atoms with E-state index < -0.39 is 85.2 Å². The Kier molecular flexibility index (Phi) is 10.3. The number of nitrogens with two attached hydrogens (primary N) is 1. The molecule has 1 aromatic rings. The third-order valence-electron chi connectivity index (χ3n) is 4.81. The van der Waals surface area contributed by atoms with Gasteiger partial charge in [0.1, 0.15) is 35.8 Å². The number of nitrogens with zero attached hydrogens (tertiary/aromatic N) is 2. The van der Waals surface area contributed by atoms with Crippen LogP contribution in [-0.4, -0.2) is 99.4 Å². The molecule has 1 aromatic heterocycles. The Balaban J connectivity index is 1.97. The molecule has 10 N–H and O–H groups in total. The molecule has 0 aromatic carbocycles. The minimum Gasteiger partial charge on any atom is -0.393 e. The van der Waals surface area contributed by atoms with Crippen molar-refractivity contribution in [3.63, 3.8) is 0 Å². The van der Waals surface area contributed by atoms with Gasteiger partial charge in [-0.2, -0.15) is 9.29 Å². The molecule has 2 rings (SSSR count). The molecule has 0 spiro atoms. The number of aromatic nitrogens is 2. The molecule has 1 aliphatic heterocycles. The molecule has 1 fully saturated rings. The van der Waals surface area contributed by atoms with Crippen LogP contribution in [0.5, 0.6) is 0 Å². The Morgan fingerprint density at radius 2 is 1.76 bits per heavy atom. The van der Waals surface area contributed by atoms with E-state index in [9.17, 15) is 48.7 Å². The smallest absolute Gasteiger partial charge is 0.393 e. The second-order valence-corrected chi connectivity index (χ2v) is 12.0. The molecule has 37 heavy (non-hydrogen) atoms. The summed E-state index contributed by atoms with van der Waals surface area (Å²) in [6.07, 6.45) is -7.61. The van der Waals surface area contributed by atoms with Crippen molar-refractivity contribution in [1.29, 1.82) is 0 Å². The number of hydrogen-bond donors (Lipinski definition) is 9. The molecule has 0 amide bonds. The number of rotatable bonds is 13.